The summed E-state index contributed by atoms with van der Waals surface area (Å²) in [6.07, 6.45) is -1.05. The van der Waals surface area contributed by atoms with Gasteiger partial charge in [-0.1, -0.05) is 29.8 Å². The third-order valence-electron chi connectivity index (χ3n) is 2.37. The first-order valence-corrected chi connectivity index (χ1v) is 5.29. The first-order valence-electron chi connectivity index (χ1n) is 4.91. The molecule has 0 aliphatic heterocycles. The Morgan fingerprint density at radius 2 is 2.18 bits per heavy atom. The van der Waals surface area contributed by atoms with Crippen LogP contribution < -0.4 is 5.73 Å². The summed E-state index contributed by atoms with van der Waals surface area (Å²) < 4.78 is 26.5. The summed E-state index contributed by atoms with van der Waals surface area (Å²) in [5.41, 5.74) is 6.36. The van der Waals surface area contributed by atoms with Gasteiger partial charge in [0.05, 0.1) is 12.7 Å². The van der Waals surface area contributed by atoms with E-state index in [4.69, 9.17) is 17.3 Å². The molecule has 17 heavy (non-hydrogen) atoms. The Morgan fingerprint density at radius 3 is 2.76 bits per heavy atom. The lowest BCUT2D eigenvalue weighted by atomic mass is 10.1. The molecule has 0 aliphatic rings. The first-order chi connectivity index (χ1) is 8.08. The van der Waals surface area contributed by atoms with Crippen LogP contribution in [0.2, 0.25) is 5.02 Å². The van der Waals surface area contributed by atoms with Gasteiger partial charge in [-0.3, -0.25) is 0 Å². The molecule has 0 amide bonds. The van der Waals surface area contributed by atoms with Gasteiger partial charge in [-0.15, -0.1) is 0 Å². The Balaban J connectivity index is 2.24. The number of halogens is 3. The minimum absolute atomic E-state index is 0.0145. The van der Waals surface area contributed by atoms with Crippen molar-refractivity contribution in [3.05, 3.63) is 46.6 Å². The minimum Gasteiger partial charge on any atom is -0.383 e. The summed E-state index contributed by atoms with van der Waals surface area (Å²) in [5, 5.41) is 4.31. The number of rotatable bonds is 3. The maximum Gasteiger partial charge on any atom is 0.263 e. The average molecular weight is 258 g/mol. The van der Waals surface area contributed by atoms with Gasteiger partial charge in [0.25, 0.3) is 6.43 Å². The molecule has 3 nitrogen and oxygen atoms in total. The molecule has 6 heteroatoms. The number of benzene rings is 1. The van der Waals surface area contributed by atoms with E-state index in [1.54, 1.807) is 12.1 Å². The Morgan fingerprint density at radius 1 is 1.41 bits per heavy atom. The van der Waals surface area contributed by atoms with Crippen LogP contribution in [0.4, 0.5) is 14.6 Å². The largest absolute Gasteiger partial charge is 0.383 e. The molecule has 1 heterocycles. The SMILES string of the molecule is Nc1c(Cl)cnn1Cc1cccc(C(F)F)c1. The number of nitrogen functional groups attached to an aromatic ring is 1. The van der Waals surface area contributed by atoms with Gasteiger partial charge in [0.15, 0.2) is 0 Å². The van der Waals surface area contributed by atoms with Gasteiger partial charge in [0.1, 0.15) is 10.8 Å². The van der Waals surface area contributed by atoms with Crippen LogP contribution in [0.1, 0.15) is 17.6 Å². The van der Waals surface area contributed by atoms with E-state index in [1.165, 1.54) is 23.0 Å². The molecule has 2 rings (SSSR count). The van der Waals surface area contributed by atoms with Crippen LogP contribution in [-0.2, 0) is 6.54 Å². The molecular formula is C11H10ClF2N3. The Hall–Kier alpha value is -1.62. The summed E-state index contributed by atoms with van der Waals surface area (Å²) in [7, 11) is 0. The maximum atomic E-state index is 12.5. The van der Waals surface area contributed by atoms with Crippen LogP contribution in [0.3, 0.4) is 0 Å². The molecule has 0 saturated carbocycles. The minimum atomic E-state index is -2.48. The smallest absolute Gasteiger partial charge is 0.263 e. The highest BCUT2D eigenvalue weighted by Crippen LogP contribution is 2.21. The molecule has 2 N–H and O–H groups in total. The molecule has 1 aromatic heterocycles. The van der Waals surface area contributed by atoms with E-state index in [0.29, 0.717) is 22.9 Å². The van der Waals surface area contributed by atoms with Crippen molar-refractivity contribution in [3.8, 4) is 0 Å². The zero-order valence-corrected chi connectivity index (χ0v) is 9.53. The van der Waals surface area contributed by atoms with Gasteiger partial charge < -0.3 is 5.73 Å². The van der Waals surface area contributed by atoms with Crippen LogP contribution >= 0.6 is 11.6 Å². The average Bonchev–Trinajstić information content (AvgIpc) is 2.61. The number of nitrogens with zero attached hydrogens (tertiary/aromatic N) is 2. The van der Waals surface area contributed by atoms with Gasteiger partial charge in [-0.25, -0.2) is 13.5 Å². The number of alkyl halides is 2. The van der Waals surface area contributed by atoms with Crippen LogP contribution in [0.25, 0.3) is 0 Å². The lowest BCUT2D eigenvalue weighted by Crippen LogP contribution is -2.06. The second kappa shape index (κ2) is 4.71. The van der Waals surface area contributed by atoms with Crippen molar-refractivity contribution >= 4 is 17.4 Å². The van der Waals surface area contributed by atoms with E-state index >= 15 is 0 Å². The molecule has 0 spiro atoms. The fraction of sp³-hybridized carbons (Fsp3) is 0.182. The fourth-order valence-electron chi connectivity index (χ4n) is 1.50. The Bertz CT molecular complexity index is 525. The summed E-state index contributed by atoms with van der Waals surface area (Å²) >= 11 is 5.75. The molecule has 1 aromatic carbocycles. The molecule has 0 saturated heterocycles. The number of anilines is 1. The van der Waals surface area contributed by atoms with E-state index in [0.717, 1.165) is 0 Å². The third kappa shape index (κ3) is 2.55. The highest BCUT2D eigenvalue weighted by Gasteiger charge is 2.09. The van der Waals surface area contributed by atoms with Gasteiger partial charge in [-0.05, 0) is 11.6 Å². The zero-order chi connectivity index (χ0) is 12.4. The topological polar surface area (TPSA) is 43.8 Å². The molecule has 0 bridgehead atoms. The zero-order valence-electron chi connectivity index (χ0n) is 8.78. The standard InChI is InChI=1S/C11H10ClF2N3/c12-9-5-16-17(11(9)15)6-7-2-1-3-8(4-7)10(13)14/h1-5,10H,6,15H2. The third-order valence-corrected chi connectivity index (χ3v) is 2.66. The van der Waals surface area contributed by atoms with Gasteiger partial charge in [0, 0.05) is 5.56 Å². The van der Waals surface area contributed by atoms with Crippen molar-refractivity contribution in [2.24, 2.45) is 0 Å². The predicted octanol–water partition coefficient (Wildman–Crippen LogP) is 3.10. The van der Waals surface area contributed by atoms with Crippen molar-refractivity contribution in [2.45, 2.75) is 13.0 Å². The van der Waals surface area contributed by atoms with Crippen molar-refractivity contribution in [1.82, 2.24) is 9.78 Å². The van der Waals surface area contributed by atoms with Crippen molar-refractivity contribution in [1.29, 1.82) is 0 Å². The highest BCUT2D eigenvalue weighted by molar-refractivity contribution is 6.32. The molecule has 0 aliphatic carbocycles. The number of hydrogen-bond acceptors (Lipinski definition) is 2. The van der Waals surface area contributed by atoms with E-state index < -0.39 is 6.43 Å². The molecule has 0 radical (unpaired) electrons. The van der Waals surface area contributed by atoms with Crippen molar-refractivity contribution in [3.63, 3.8) is 0 Å². The number of hydrogen-bond donors (Lipinski definition) is 1. The van der Waals surface area contributed by atoms with E-state index in [2.05, 4.69) is 5.10 Å². The fourth-order valence-corrected chi connectivity index (χ4v) is 1.64. The second-order valence-electron chi connectivity index (χ2n) is 3.58. The lowest BCUT2D eigenvalue weighted by molar-refractivity contribution is 0.151. The van der Waals surface area contributed by atoms with Crippen molar-refractivity contribution < 1.29 is 8.78 Å². The number of aromatic nitrogens is 2. The van der Waals surface area contributed by atoms with E-state index in [1.807, 2.05) is 0 Å². The number of nitrogens with two attached hydrogens (primary N) is 1. The molecule has 0 atom stereocenters. The first kappa shape index (κ1) is 11.9. The summed E-state index contributed by atoms with van der Waals surface area (Å²) in [5.74, 6) is 0.328. The van der Waals surface area contributed by atoms with E-state index in [-0.39, 0.29) is 5.56 Å². The van der Waals surface area contributed by atoms with Crippen molar-refractivity contribution in [2.75, 3.05) is 5.73 Å². The molecule has 0 fully saturated rings. The van der Waals surface area contributed by atoms with Crippen LogP contribution in [0.5, 0.6) is 0 Å². The Labute approximate surface area is 102 Å². The highest BCUT2D eigenvalue weighted by atomic mass is 35.5. The maximum absolute atomic E-state index is 12.5. The molecule has 0 unspecified atom stereocenters. The van der Waals surface area contributed by atoms with Crippen LogP contribution in [0, 0.1) is 0 Å². The molecule has 2 aromatic rings. The second-order valence-corrected chi connectivity index (χ2v) is 3.99. The summed E-state index contributed by atoms with van der Waals surface area (Å²) in [6, 6.07) is 6.13. The van der Waals surface area contributed by atoms with Crippen LogP contribution in [0.15, 0.2) is 30.5 Å². The molecule has 90 valence electrons. The lowest BCUT2D eigenvalue weighted by Gasteiger charge is -2.06. The normalized spacial score (nSPS) is 11.1. The molecular weight excluding hydrogens is 248 g/mol. The van der Waals surface area contributed by atoms with Gasteiger partial charge in [-0.2, -0.15) is 5.10 Å². The van der Waals surface area contributed by atoms with Gasteiger partial charge in [0.2, 0.25) is 0 Å². The van der Waals surface area contributed by atoms with Gasteiger partial charge >= 0.3 is 0 Å². The quantitative estimate of drug-likeness (QED) is 0.918. The van der Waals surface area contributed by atoms with Crippen LogP contribution in [-0.4, -0.2) is 9.78 Å². The monoisotopic (exact) mass is 257 g/mol. The summed E-state index contributed by atoms with van der Waals surface area (Å²) in [6.45, 7) is 0.319. The predicted molar refractivity (Wildman–Crippen MR) is 62.2 cm³/mol. The summed E-state index contributed by atoms with van der Waals surface area (Å²) in [4.78, 5) is 0. The van der Waals surface area contributed by atoms with E-state index in [9.17, 15) is 8.78 Å². The Kier molecular flexibility index (Phi) is 3.28.